The Morgan fingerprint density at radius 2 is 1.91 bits per heavy atom. The summed E-state index contributed by atoms with van der Waals surface area (Å²) in [5.41, 5.74) is 2.48. The summed E-state index contributed by atoms with van der Waals surface area (Å²) in [7, 11) is 2.97. The molecule has 122 valence electrons. The highest BCUT2D eigenvalue weighted by molar-refractivity contribution is 6.30. The Morgan fingerprint density at radius 1 is 1.26 bits per heavy atom. The van der Waals surface area contributed by atoms with Gasteiger partial charge in [0.25, 0.3) is 0 Å². The van der Waals surface area contributed by atoms with Gasteiger partial charge < -0.3 is 10.1 Å². The second kappa shape index (κ2) is 7.33. The molecular weight excluding hydrogens is 319 g/mol. The van der Waals surface area contributed by atoms with Crippen molar-refractivity contribution < 1.29 is 13.9 Å². The minimum absolute atomic E-state index is 0.0442. The number of hydrogen-bond donors (Lipinski definition) is 1. The molecular formula is C17H18ClFN2O2. The molecule has 1 N–H and O–H groups in total. The van der Waals surface area contributed by atoms with Gasteiger partial charge >= 0.3 is 6.09 Å². The van der Waals surface area contributed by atoms with E-state index in [4.69, 9.17) is 11.6 Å². The molecule has 0 aliphatic rings. The fourth-order valence-electron chi connectivity index (χ4n) is 2.14. The number of hydrogen-bond acceptors (Lipinski definition) is 3. The van der Waals surface area contributed by atoms with Gasteiger partial charge in [-0.25, -0.2) is 9.18 Å². The Bertz CT molecular complexity index is 691. The van der Waals surface area contributed by atoms with Crippen molar-refractivity contribution in [3.8, 4) is 0 Å². The molecule has 4 nitrogen and oxygen atoms in total. The molecule has 0 aliphatic carbocycles. The van der Waals surface area contributed by atoms with Crippen LogP contribution in [0, 0.1) is 5.82 Å². The molecule has 1 atom stereocenters. The van der Waals surface area contributed by atoms with Crippen LogP contribution in [-0.2, 0) is 4.74 Å². The Hall–Kier alpha value is -2.27. The van der Waals surface area contributed by atoms with Gasteiger partial charge in [0.15, 0.2) is 0 Å². The standard InChI is InChI=1S/C17H18ClFN2O2/c1-11(12-4-9-16(19)15(18)10-12)20-13-5-7-14(8-6-13)21(2)17(22)23-3/h4-11,20H,1-3H3/t11-/m1/s1. The van der Waals surface area contributed by atoms with Gasteiger partial charge in [0, 0.05) is 24.5 Å². The normalized spacial score (nSPS) is 11.7. The molecule has 2 aromatic rings. The Morgan fingerprint density at radius 3 is 2.48 bits per heavy atom. The maximum absolute atomic E-state index is 13.2. The van der Waals surface area contributed by atoms with Gasteiger partial charge in [-0.2, -0.15) is 0 Å². The first kappa shape index (κ1) is 17.1. The molecule has 0 aromatic heterocycles. The van der Waals surface area contributed by atoms with Crippen LogP contribution < -0.4 is 10.2 Å². The maximum Gasteiger partial charge on any atom is 0.413 e. The van der Waals surface area contributed by atoms with Crippen molar-refractivity contribution in [3.05, 3.63) is 58.9 Å². The number of benzene rings is 2. The number of carbonyl (C=O) groups excluding carboxylic acids is 1. The lowest BCUT2D eigenvalue weighted by atomic mass is 10.1. The van der Waals surface area contributed by atoms with Crippen molar-refractivity contribution in [2.75, 3.05) is 24.4 Å². The predicted molar refractivity (Wildman–Crippen MR) is 90.7 cm³/mol. The van der Waals surface area contributed by atoms with E-state index in [0.717, 1.165) is 16.9 Å². The molecule has 2 rings (SSSR count). The molecule has 0 spiro atoms. The zero-order chi connectivity index (χ0) is 17.0. The second-order valence-corrected chi connectivity index (χ2v) is 5.52. The van der Waals surface area contributed by atoms with E-state index in [1.165, 1.54) is 18.1 Å². The number of anilines is 2. The number of halogens is 2. The van der Waals surface area contributed by atoms with Crippen molar-refractivity contribution in [1.29, 1.82) is 0 Å². The van der Waals surface area contributed by atoms with Crippen molar-refractivity contribution in [3.63, 3.8) is 0 Å². The van der Waals surface area contributed by atoms with Crippen LogP contribution in [0.3, 0.4) is 0 Å². The summed E-state index contributed by atoms with van der Waals surface area (Å²) >= 11 is 5.81. The molecule has 0 aliphatic heterocycles. The van der Waals surface area contributed by atoms with Crippen molar-refractivity contribution >= 4 is 29.1 Å². The minimum atomic E-state index is -0.433. The van der Waals surface area contributed by atoms with E-state index < -0.39 is 11.9 Å². The summed E-state index contributed by atoms with van der Waals surface area (Å²) in [6.45, 7) is 1.96. The average Bonchev–Trinajstić information content (AvgIpc) is 2.56. The van der Waals surface area contributed by atoms with E-state index in [1.807, 2.05) is 31.2 Å². The number of nitrogens with zero attached hydrogens (tertiary/aromatic N) is 1. The number of nitrogens with one attached hydrogen (secondary N) is 1. The molecule has 6 heteroatoms. The molecule has 2 aromatic carbocycles. The quantitative estimate of drug-likeness (QED) is 0.867. The zero-order valence-electron chi connectivity index (χ0n) is 13.1. The third-order valence-electron chi connectivity index (χ3n) is 3.53. The van der Waals surface area contributed by atoms with Crippen LogP contribution in [0.25, 0.3) is 0 Å². The fourth-order valence-corrected chi connectivity index (χ4v) is 2.33. The van der Waals surface area contributed by atoms with Gasteiger partial charge in [0.2, 0.25) is 0 Å². The third-order valence-corrected chi connectivity index (χ3v) is 3.82. The summed E-state index contributed by atoms with van der Waals surface area (Å²) in [4.78, 5) is 12.9. The predicted octanol–water partition coefficient (Wildman–Crippen LogP) is 4.85. The number of ether oxygens (including phenoxy) is 1. The van der Waals surface area contributed by atoms with E-state index in [-0.39, 0.29) is 11.1 Å². The van der Waals surface area contributed by atoms with Crippen LogP contribution in [0.4, 0.5) is 20.6 Å². The lowest BCUT2D eigenvalue weighted by Crippen LogP contribution is -2.25. The van der Waals surface area contributed by atoms with E-state index >= 15 is 0 Å². The van der Waals surface area contributed by atoms with Gasteiger partial charge in [-0.3, -0.25) is 4.90 Å². The Labute approximate surface area is 139 Å². The van der Waals surface area contributed by atoms with Crippen LogP contribution in [0.5, 0.6) is 0 Å². The summed E-state index contributed by atoms with van der Waals surface area (Å²) < 4.78 is 17.9. The van der Waals surface area contributed by atoms with Crippen molar-refractivity contribution in [1.82, 2.24) is 0 Å². The Balaban J connectivity index is 2.08. The molecule has 0 fully saturated rings. The van der Waals surface area contributed by atoms with E-state index in [0.29, 0.717) is 0 Å². The summed E-state index contributed by atoms with van der Waals surface area (Å²) in [6.07, 6.45) is -0.431. The van der Waals surface area contributed by atoms with Gasteiger partial charge in [0.1, 0.15) is 5.82 Å². The van der Waals surface area contributed by atoms with Crippen LogP contribution in [0.1, 0.15) is 18.5 Å². The summed E-state index contributed by atoms with van der Waals surface area (Å²) in [5.74, 6) is -0.433. The molecule has 0 radical (unpaired) electrons. The topological polar surface area (TPSA) is 41.6 Å². The highest BCUT2D eigenvalue weighted by atomic mass is 35.5. The maximum atomic E-state index is 13.2. The number of methoxy groups -OCH3 is 1. The second-order valence-electron chi connectivity index (χ2n) is 5.12. The lowest BCUT2D eigenvalue weighted by molar-refractivity contribution is 0.180. The van der Waals surface area contributed by atoms with Crippen LogP contribution in [0.15, 0.2) is 42.5 Å². The highest BCUT2D eigenvalue weighted by Gasteiger charge is 2.11. The van der Waals surface area contributed by atoms with E-state index in [2.05, 4.69) is 10.1 Å². The number of carbonyl (C=O) groups is 1. The fraction of sp³-hybridized carbons (Fsp3) is 0.235. The molecule has 0 heterocycles. The van der Waals surface area contributed by atoms with Gasteiger partial charge in [-0.05, 0) is 48.9 Å². The molecule has 0 unspecified atom stereocenters. The molecule has 1 amide bonds. The van der Waals surface area contributed by atoms with Gasteiger partial charge in [0.05, 0.1) is 12.1 Å². The zero-order valence-corrected chi connectivity index (χ0v) is 13.9. The first-order chi connectivity index (χ1) is 10.9. The van der Waals surface area contributed by atoms with Crippen LogP contribution in [0.2, 0.25) is 5.02 Å². The van der Waals surface area contributed by atoms with Crippen LogP contribution >= 0.6 is 11.6 Å². The monoisotopic (exact) mass is 336 g/mol. The SMILES string of the molecule is COC(=O)N(C)c1ccc(N[C@H](C)c2ccc(F)c(Cl)c2)cc1. The molecule has 0 saturated heterocycles. The minimum Gasteiger partial charge on any atom is -0.452 e. The summed E-state index contributed by atoms with van der Waals surface area (Å²) in [6, 6.07) is 11.9. The molecule has 0 bridgehead atoms. The largest absolute Gasteiger partial charge is 0.452 e. The van der Waals surface area contributed by atoms with E-state index in [1.54, 1.807) is 19.2 Å². The van der Waals surface area contributed by atoms with E-state index in [9.17, 15) is 9.18 Å². The number of rotatable bonds is 4. The first-order valence-corrected chi connectivity index (χ1v) is 7.43. The molecule has 23 heavy (non-hydrogen) atoms. The summed E-state index contributed by atoms with van der Waals surface area (Å²) in [5, 5.41) is 3.40. The van der Waals surface area contributed by atoms with Crippen LogP contribution in [-0.4, -0.2) is 20.3 Å². The highest BCUT2D eigenvalue weighted by Crippen LogP contribution is 2.25. The van der Waals surface area contributed by atoms with Gasteiger partial charge in [-0.1, -0.05) is 17.7 Å². The Kier molecular flexibility index (Phi) is 5.45. The molecule has 0 saturated carbocycles. The van der Waals surface area contributed by atoms with Crippen molar-refractivity contribution in [2.24, 2.45) is 0 Å². The average molecular weight is 337 g/mol. The van der Waals surface area contributed by atoms with Crippen molar-refractivity contribution in [2.45, 2.75) is 13.0 Å². The van der Waals surface area contributed by atoms with Gasteiger partial charge in [-0.15, -0.1) is 0 Å². The first-order valence-electron chi connectivity index (χ1n) is 7.05. The number of amides is 1. The lowest BCUT2D eigenvalue weighted by Gasteiger charge is -2.18. The third kappa shape index (κ3) is 4.13. The smallest absolute Gasteiger partial charge is 0.413 e.